The van der Waals surface area contributed by atoms with Gasteiger partial charge in [0.05, 0.1) is 12.5 Å². The first kappa shape index (κ1) is 24.5. The van der Waals surface area contributed by atoms with Crippen molar-refractivity contribution >= 4 is 35.9 Å². The van der Waals surface area contributed by atoms with E-state index in [9.17, 15) is 4.79 Å². The van der Waals surface area contributed by atoms with Crippen LogP contribution in [0.4, 0.5) is 0 Å². The largest absolute Gasteiger partial charge is 0.466 e. The molecule has 0 aromatic heterocycles. The molecule has 0 unspecified atom stereocenters. The Morgan fingerprint density at radius 1 is 1.19 bits per heavy atom. The zero-order valence-corrected chi connectivity index (χ0v) is 19.7. The molecular weight excluding hydrogens is 455 g/mol. The molecule has 1 heterocycles. The average Bonchev–Trinajstić information content (AvgIpc) is 2.69. The fourth-order valence-corrected chi connectivity index (χ4v) is 4.15. The Bertz CT molecular complexity index is 447. The molecule has 1 saturated carbocycles. The molecule has 0 bridgehead atoms. The quantitative estimate of drug-likeness (QED) is 0.194. The van der Waals surface area contributed by atoms with Gasteiger partial charge in [-0.1, -0.05) is 19.3 Å². The van der Waals surface area contributed by atoms with Crippen LogP contribution in [0.15, 0.2) is 4.99 Å². The summed E-state index contributed by atoms with van der Waals surface area (Å²) in [5.41, 5.74) is 0. The van der Waals surface area contributed by atoms with Gasteiger partial charge in [-0.05, 0) is 52.6 Å². The summed E-state index contributed by atoms with van der Waals surface area (Å²) in [5.74, 6) is 0.974. The summed E-state index contributed by atoms with van der Waals surface area (Å²) in [6.45, 7) is 6.15. The third-order valence-corrected chi connectivity index (χ3v) is 5.79. The lowest BCUT2D eigenvalue weighted by Crippen LogP contribution is -2.47. The SMILES string of the molecule is CCOC(=O)C1CCN(C(=NC)NCCCN(C)C2CCCCC2)CC1.I. The Morgan fingerprint density at radius 3 is 2.44 bits per heavy atom. The molecule has 2 aliphatic rings. The van der Waals surface area contributed by atoms with Crippen LogP contribution in [0.5, 0.6) is 0 Å². The van der Waals surface area contributed by atoms with Gasteiger partial charge >= 0.3 is 5.97 Å². The maximum absolute atomic E-state index is 11.9. The summed E-state index contributed by atoms with van der Waals surface area (Å²) in [6, 6.07) is 0.782. The van der Waals surface area contributed by atoms with Crippen LogP contribution in [0.3, 0.4) is 0 Å². The Kier molecular flexibility index (Phi) is 12.3. The van der Waals surface area contributed by atoms with E-state index in [4.69, 9.17) is 4.74 Å². The number of hydrogen-bond acceptors (Lipinski definition) is 4. The average molecular weight is 494 g/mol. The number of guanidine groups is 1. The number of carbonyl (C=O) groups excluding carboxylic acids is 1. The van der Waals surface area contributed by atoms with Crippen molar-refractivity contribution in [2.24, 2.45) is 10.9 Å². The summed E-state index contributed by atoms with van der Waals surface area (Å²) >= 11 is 0. The van der Waals surface area contributed by atoms with Gasteiger partial charge in [-0.3, -0.25) is 9.79 Å². The number of nitrogens with one attached hydrogen (secondary N) is 1. The topological polar surface area (TPSA) is 57.2 Å². The van der Waals surface area contributed by atoms with E-state index in [-0.39, 0.29) is 35.9 Å². The normalized spacial score (nSPS) is 19.7. The molecule has 1 N–H and O–H groups in total. The number of aliphatic imine (C=N–C) groups is 1. The molecule has 0 radical (unpaired) electrons. The van der Waals surface area contributed by atoms with Crippen LogP contribution in [0.25, 0.3) is 0 Å². The summed E-state index contributed by atoms with van der Waals surface area (Å²) in [7, 11) is 4.11. The second-order valence-corrected chi connectivity index (χ2v) is 7.61. The zero-order chi connectivity index (χ0) is 18.8. The van der Waals surface area contributed by atoms with E-state index >= 15 is 0 Å². The highest BCUT2D eigenvalue weighted by atomic mass is 127. The minimum Gasteiger partial charge on any atom is -0.466 e. The highest BCUT2D eigenvalue weighted by Crippen LogP contribution is 2.21. The number of nitrogens with zero attached hydrogens (tertiary/aromatic N) is 3. The Balaban J connectivity index is 0.00000364. The molecule has 1 aliphatic heterocycles. The fourth-order valence-electron chi connectivity index (χ4n) is 4.15. The molecule has 27 heavy (non-hydrogen) atoms. The van der Waals surface area contributed by atoms with Gasteiger partial charge in [-0.2, -0.15) is 0 Å². The highest BCUT2D eigenvalue weighted by Gasteiger charge is 2.27. The molecule has 2 fully saturated rings. The molecule has 2 rings (SSSR count). The van der Waals surface area contributed by atoms with Crippen molar-refractivity contribution < 1.29 is 9.53 Å². The molecule has 0 spiro atoms. The van der Waals surface area contributed by atoms with Crippen LogP contribution in [0, 0.1) is 5.92 Å². The summed E-state index contributed by atoms with van der Waals surface area (Å²) in [6.07, 6.45) is 9.75. The highest BCUT2D eigenvalue weighted by molar-refractivity contribution is 14.0. The van der Waals surface area contributed by atoms with Crippen molar-refractivity contribution in [3.05, 3.63) is 0 Å². The monoisotopic (exact) mass is 494 g/mol. The van der Waals surface area contributed by atoms with Crippen LogP contribution >= 0.6 is 24.0 Å². The predicted molar refractivity (Wildman–Crippen MR) is 122 cm³/mol. The van der Waals surface area contributed by atoms with E-state index < -0.39 is 0 Å². The van der Waals surface area contributed by atoms with Crippen molar-refractivity contribution in [2.75, 3.05) is 46.9 Å². The van der Waals surface area contributed by atoms with Gasteiger partial charge < -0.3 is 19.9 Å². The first-order chi connectivity index (χ1) is 12.7. The zero-order valence-electron chi connectivity index (χ0n) is 17.4. The van der Waals surface area contributed by atoms with Gasteiger partial charge in [0.2, 0.25) is 0 Å². The van der Waals surface area contributed by atoms with Gasteiger partial charge in [0, 0.05) is 32.7 Å². The second-order valence-electron chi connectivity index (χ2n) is 7.61. The molecule has 0 aromatic carbocycles. The Hall–Kier alpha value is -0.570. The van der Waals surface area contributed by atoms with Crippen molar-refractivity contribution in [1.82, 2.24) is 15.1 Å². The van der Waals surface area contributed by atoms with Crippen LogP contribution in [0.2, 0.25) is 0 Å². The van der Waals surface area contributed by atoms with E-state index in [1.807, 2.05) is 14.0 Å². The van der Waals surface area contributed by atoms with E-state index in [2.05, 4.69) is 27.2 Å². The molecule has 158 valence electrons. The number of rotatable bonds is 7. The molecule has 0 amide bonds. The fraction of sp³-hybridized carbons (Fsp3) is 0.900. The maximum atomic E-state index is 11.9. The summed E-state index contributed by atoms with van der Waals surface area (Å²) < 4.78 is 5.15. The number of carbonyl (C=O) groups is 1. The second kappa shape index (κ2) is 13.6. The van der Waals surface area contributed by atoms with Gasteiger partial charge in [-0.15, -0.1) is 24.0 Å². The maximum Gasteiger partial charge on any atom is 0.309 e. The van der Waals surface area contributed by atoms with Crippen molar-refractivity contribution in [2.45, 2.75) is 64.3 Å². The molecule has 1 saturated heterocycles. The van der Waals surface area contributed by atoms with Gasteiger partial charge in [0.25, 0.3) is 0 Å². The first-order valence-corrected chi connectivity index (χ1v) is 10.5. The first-order valence-electron chi connectivity index (χ1n) is 10.5. The standard InChI is InChI=1S/C20H38N4O2.HI/c1-4-26-19(25)17-11-15-24(16-12-17)20(21-2)22-13-8-14-23(3)18-9-6-5-7-10-18;/h17-18H,4-16H2,1-3H3,(H,21,22);1H. The van der Waals surface area contributed by atoms with Crippen LogP contribution < -0.4 is 5.32 Å². The third kappa shape index (κ3) is 8.13. The number of esters is 1. The smallest absolute Gasteiger partial charge is 0.309 e. The van der Waals surface area contributed by atoms with Crippen LogP contribution in [-0.2, 0) is 9.53 Å². The lowest BCUT2D eigenvalue weighted by atomic mass is 9.94. The summed E-state index contributed by atoms with van der Waals surface area (Å²) in [4.78, 5) is 21.1. The lowest BCUT2D eigenvalue weighted by molar-refractivity contribution is -0.149. The van der Waals surface area contributed by atoms with E-state index in [1.165, 1.54) is 32.1 Å². The third-order valence-electron chi connectivity index (χ3n) is 5.79. The van der Waals surface area contributed by atoms with E-state index in [0.29, 0.717) is 6.61 Å². The Labute approximate surface area is 182 Å². The van der Waals surface area contributed by atoms with Crippen molar-refractivity contribution in [1.29, 1.82) is 0 Å². The molecule has 0 aromatic rings. The van der Waals surface area contributed by atoms with Gasteiger partial charge in [0.15, 0.2) is 5.96 Å². The lowest BCUT2D eigenvalue weighted by Gasteiger charge is -2.33. The van der Waals surface area contributed by atoms with Crippen molar-refractivity contribution in [3.63, 3.8) is 0 Å². The molecule has 0 atom stereocenters. The minimum atomic E-state index is -0.0409. The Morgan fingerprint density at radius 2 is 1.85 bits per heavy atom. The summed E-state index contributed by atoms with van der Waals surface area (Å²) in [5, 5.41) is 3.50. The number of ether oxygens (including phenoxy) is 1. The van der Waals surface area contributed by atoms with Gasteiger partial charge in [-0.25, -0.2) is 0 Å². The van der Waals surface area contributed by atoms with Gasteiger partial charge in [0.1, 0.15) is 0 Å². The molecule has 7 heteroatoms. The number of hydrogen-bond donors (Lipinski definition) is 1. The van der Waals surface area contributed by atoms with Crippen molar-refractivity contribution in [3.8, 4) is 0 Å². The number of piperidine rings is 1. The van der Waals surface area contributed by atoms with E-state index in [1.54, 1.807) is 0 Å². The molecule has 1 aliphatic carbocycles. The predicted octanol–water partition coefficient (Wildman–Crippen LogP) is 3.11. The number of likely N-dealkylation sites (tertiary alicyclic amines) is 1. The number of halogens is 1. The van der Waals surface area contributed by atoms with Crippen LogP contribution in [-0.4, -0.2) is 74.7 Å². The minimum absolute atomic E-state index is 0. The molecule has 6 nitrogen and oxygen atoms in total. The van der Waals surface area contributed by atoms with E-state index in [0.717, 1.165) is 57.4 Å². The molecular formula is C20H39IN4O2. The van der Waals surface area contributed by atoms with Crippen LogP contribution in [0.1, 0.15) is 58.3 Å².